The molecule has 1 amide bonds. The molecule has 0 bridgehead atoms. The highest BCUT2D eigenvalue weighted by Crippen LogP contribution is 2.12. The Morgan fingerprint density at radius 3 is 2.62 bits per heavy atom. The average Bonchev–Trinajstić information content (AvgIpc) is 2.94. The smallest absolute Gasteiger partial charge is 0.324 e. The summed E-state index contributed by atoms with van der Waals surface area (Å²) in [5, 5.41) is 2.92. The van der Waals surface area contributed by atoms with Crippen molar-refractivity contribution in [2.24, 2.45) is 14.1 Å². The summed E-state index contributed by atoms with van der Waals surface area (Å²) in [5.41, 5.74) is -0.200. The number of anilines is 1. The number of hydrogen-bond acceptors (Lipinski definition) is 3. The number of hydrogen-bond donors (Lipinski definition) is 1. The Balaban J connectivity index is 1.95. The van der Waals surface area contributed by atoms with Crippen molar-refractivity contribution in [2.45, 2.75) is 6.54 Å². The lowest BCUT2D eigenvalue weighted by Gasteiger charge is -2.10. The monoisotopic (exact) mass is 330 g/mol. The molecule has 0 saturated heterocycles. The molecule has 0 unspecified atom stereocenters. The van der Waals surface area contributed by atoms with Gasteiger partial charge in [0.2, 0.25) is 5.91 Å². The van der Waals surface area contributed by atoms with Crippen LogP contribution in [-0.4, -0.2) is 19.6 Å². The van der Waals surface area contributed by atoms with Crippen LogP contribution in [0.4, 0.5) is 10.1 Å². The minimum Gasteiger partial charge on any atom is -0.324 e. The van der Waals surface area contributed by atoms with E-state index in [9.17, 15) is 18.8 Å². The molecule has 7 nitrogen and oxygen atoms in total. The van der Waals surface area contributed by atoms with Crippen molar-refractivity contribution in [1.82, 2.24) is 13.7 Å². The maximum Gasteiger partial charge on any atom is 0.332 e. The molecule has 1 N–H and O–H groups in total. The van der Waals surface area contributed by atoms with E-state index >= 15 is 0 Å². The second-order valence-electron chi connectivity index (χ2n) is 5.45. The van der Waals surface area contributed by atoms with E-state index in [0.717, 1.165) is 4.57 Å². The molecule has 24 heavy (non-hydrogen) atoms. The third-order valence-electron chi connectivity index (χ3n) is 3.78. The van der Waals surface area contributed by atoms with E-state index < -0.39 is 23.0 Å². The molecule has 124 valence electrons. The van der Waals surface area contributed by atoms with Gasteiger partial charge >= 0.3 is 5.69 Å². The average molecular weight is 330 g/mol. The number of carbonyl (C=O) groups is 1. The Hall–Kier alpha value is -3.16. The molecule has 0 fully saturated rings. The van der Waals surface area contributed by atoms with Crippen LogP contribution in [0.5, 0.6) is 0 Å². The van der Waals surface area contributed by atoms with Gasteiger partial charge in [-0.15, -0.1) is 0 Å². The molecule has 0 aliphatic carbocycles. The first-order valence-electron chi connectivity index (χ1n) is 7.19. The first kappa shape index (κ1) is 15.7. The van der Waals surface area contributed by atoms with Crippen LogP contribution in [0.2, 0.25) is 0 Å². The van der Waals surface area contributed by atoms with Crippen molar-refractivity contribution in [3.63, 3.8) is 0 Å². The minimum absolute atomic E-state index is 0.111. The van der Waals surface area contributed by atoms with Crippen LogP contribution in [-0.2, 0) is 25.4 Å². The minimum atomic E-state index is -0.474. The zero-order valence-corrected chi connectivity index (χ0v) is 13.1. The van der Waals surface area contributed by atoms with Gasteiger partial charge in [0.25, 0.3) is 5.56 Å². The van der Waals surface area contributed by atoms with E-state index in [4.69, 9.17) is 0 Å². The van der Waals surface area contributed by atoms with Crippen LogP contribution in [0.3, 0.4) is 0 Å². The van der Waals surface area contributed by atoms with Gasteiger partial charge < -0.3 is 9.88 Å². The van der Waals surface area contributed by atoms with Gasteiger partial charge in [0, 0.05) is 26.0 Å². The van der Waals surface area contributed by atoms with Crippen molar-refractivity contribution in [3.05, 3.63) is 63.2 Å². The summed E-state index contributed by atoms with van der Waals surface area (Å²) in [6, 6.07) is 7.11. The van der Waals surface area contributed by atoms with E-state index in [1.165, 1.54) is 41.4 Å². The standard InChI is InChI=1S/C16H15FN4O3/c1-19-14-12(15(23)20(2)16(19)24)6-7-21(14)9-13(22)18-11-5-3-4-10(17)8-11/h3-8H,9H2,1-2H3,(H,18,22). The van der Waals surface area contributed by atoms with Crippen LogP contribution in [0.15, 0.2) is 46.1 Å². The van der Waals surface area contributed by atoms with Gasteiger partial charge in [-0.25, -0.2) is 9.18 Å². The molecule has 0 aliphatic heterocycles. The van der Waals surface area contributed by atoms with E-state index in [-0.39, 0.29) is 6.54 Å². The van der Waals surface area contributed by atoms with Crippen molar-refractivity contribution in [1.29, 1.82) is 0 Å². The number of rotatable bonds is 3. The summed E-state index contributed by atoms with van der Waals surface area (Å²) in [6.07, 6.45) is 1.57. The highest BCUT2D eigenvalue weighted by atomic mass is 19.1. The van der Waals surface area contributed by atoms with Gasteiger partial charge in [0.1, 0.15) is 18.0 Å². The van der Waals surface area contributed by atoms with Crippen molar-refractivity contribution < 1.29 is 9.18 Å². The molecule has 0 aliphatic rings. The summed E-state index contributed by atoms with van der Waals surface area (Å²) < 4.78 is 17.0. The van der Waals surface area contributed by atoms with Gasteiger partial charge in [-0.05, 0) is 24.3 Å². The van der Waals surface area contributed by atoms with E-state index in [2.05, 4.69) is 5.32 Å². The first-order chi connectivity index (χ1) is 11.4. The molecule has 2 aromatic heterocycles. The van der Waals surface area contributed by atoms with E-state index in [1.807, 2.05) is 0 Å². The van der Waals surface area contributed by atoms with Crippen molar-refractivity contribution in [2.75, 3.05) is 5.32 Å². The predicted molar refractivity (Wildman–Crippen MR) is 87.4 cm³/mol. The maximum atomic E-state index is 13.2. The Morgan fingerprint density at radius 2 is 1.92 bits per heavy atom. The molecule has 8 heteroatoms. The topological polar surface area (TPSA) is 78.0 Å². The molecule has 3 rings (SSSR count). The second kappa shape index (κ2) is 5.80. The summed E-state index contributed by atoms with van der Waals surface area (Å²) >= 11 is 0. The van der Waals surface area contributed by atoms with Crippen LogP contribution < -0.4 is 16.6 Å². The molecule has 0 saturated carbocycles. The number of halogens is 1. The Bertz CT molecular complexity index is 1060. The lowest BCUT2D eigenvalue weighted by atomic mass is 10.3. The summed E-state index contributed by atoms with van der Waals surface area (Å²) in [4.78, 5) is 36.3. The molecule has 1 aromatic carbocycles. The zero-order valence-electron chi connectivity index (χ0n) is 13.1. The lowest BCUT2D eigenvalue weighted by molar-refractivity contribution is -0.116. The number of amides is 1. The fourth-order valence-electron chi connectivity index (χ4n) is 2.64. The SMILES string of the molecule is Cn1c(=O)c2ccn(CC(=O)Nc3cccc(F)c3)c2n(C)c1=O. The van der Waals surface area contributed by atoms with Gasteiger partial charge in [-0.2, -0.15) is 0 Å². The van der Waals surface area contributed by atoms with Crippen LogP contribution in [0.25, 0.3) is 11.0 Å². The number of aryl methyl sites for hydroxylation is 1. The number of benzene rings is 1. The second-order valence-corrected chi connectivity index (χ2v) is 5.45. The number of fused-ring (bicyclic) bond motifs is 1. The van der Waals surface area contributed by atoms with Crippen LogP contribution >= 0.6 is 0 Å². The molecule has 0 atom stereocenters. The van der Waals surface area contributed by atoms with E-state index in [0.29, 0.717) is 16.7 Å². The molecule has 0 spiro atoms. The molecule has 3 aromatic rings. The third kappa shape index (κ3) is 2.62. The maximum absolute atomic E-state index is 13.2. The largest absolute Gasteiger partial charge is 0.332 e. The first-order valence-corrected chi connectivity index (χ1v) is 7.19. The summed E-state index contributed by atoms with van der Waals surface area (Å²) in [7, 11) is 2.93. The van der Waals surface area contributed by atoms with Gasteiger partial charge in [0.15, 0.2) is 0 Å². The summed E-state index contributed by atoms with van der Waals surface area (Å²) in [5.74, 6) is -0.851. The van der Waals surface area contributed by atoms with Crippen molar-refractivity contribution in [3.8, 4) is 0 Å². The quantitative estimate of drug-likeness (QED) is 0.772. The Kier molecular flexibility index (Phi) is 3.80. The number of aromatic nitrogens is 3. The number of nitrogens with zero attached hydrogens (tertiary/aromatic N) is 3. The molecule has 2 heterocycles. The normalized spacial score (nSPS) is 11.0. The zero-order chi connectivity index (χ0) is 17.4. The third-order valence-corrected chi connectivity index (χ3v) is 3.78. The van der Waals surface area contributed by atoms with Gasteiger partial charge in [-0.3, -0.25) is 18.7 Å². The lowest BCUT2D eigenvalue weighted by Crippen LogP contribution is -2.37. The van der Waals surface area contributed by atoms with E-state index in [1.54, 1.807) is 18.3 Å². The van der Waals surface area contributed by atoms with Crippen molar-refractivity contribution >= 4 is 22.6 Å². The predicted octanol–water partition coefficient (Wildman–Crippen LogP) is 0.816. The fourth-order valence-corrected chi connectivity index (χ4v) is 2.64. The number of nitrogens with one attached hydrogen (secondary N) is 1. The highest BCUT2D eigenvalue weighted by Gasteiger charge is 2.14. The van der Waals surface area contributed by atoms with Crippen LogP contribution in [0.1, 0.15) is 0 Å². The summed E-state index contributed by atoms with van der Waals surface area (Å²) in [6.45, 7) is -0.111. The highest BCUT2D eigenvalue weighted by molar-refractivity contribution is 5.91. The Morgan fingerprint density at radius 1 is 1.17 bits per heavy atom. The van der Waals surface area contributed by atoms with Gasteiger partial charge in [0.05, 0.1) is 5.39 Å². The number of carbonyl (C=O) groups excluding carboxylic acids is 1. The molecule has 0 radical (unpaired) electrons. The molecular formula is C16H15FN4O3. The van der Waals surface area contributed by atoms with Crippen LogP contribution in [0, 0.1) is 5.82 Å². The molecular weight excluding hydrogens is 315 g/mol. The fraction of sp³-hybridized carbons (Fsp3) is 0.188. The Labute approximate surface area is 135 Å². The van der Waals surface area contributed by atoms with Gasteiger partial charge in [-0.1, -0.05) is 6.07 Å².